The van der Waals surface area contributed by atoms with Gasteiger partial charge in [0.05, 0.1) is 30.1 Å². The fourth-order valence-electron chi connectivity index (χ4n) is 8.42. The summed E-state index contributed by atoms with van der Waals surface area (Å²) >= 11 is 0. The zero-order valence-electron chi connectivity index (χ0n) is 29.2. The maximum absolute atomic E-state index is 15.1. The summed E-state index contributed by atoms with van der Waals surface area (Å²) in [6.07, 6.45) is 4.36. The second-order valence-electron chi connectivity index (χ2n) is 13.9. The number of amides is 3. The average molecular weight is 657 g/mol. The van der Waals surface area contributed by atoms with E-state index in [1.165, 1.54) is 0 Å². The maximum atomic E-state index is 15.1. The van der Waals surface area contributed by atoms with E-state index in [0.29, 0.717) is 31.6 Å². The van der Waals surface area contributed by atoms with Crippen LogP contribution in [0, 0.1) is 17.8 Å². The van der Waals surface area contributed by atoms with Gasteiger partial charge in [-0.2, -0.15) is 0 Å². The molecule has 1 N–H and O–H groups in total. The van der Waals surface area contributed by atoms with Crippen molar-refractivity contribution in [3.63, 3.8) is 0 Å². The van der Waals surface area contributed by atoms with Crippen LogP contribution in [0.2, 0.25) is 0 Å². The highest BCUT2D eigenvalue weighted by Gasteiger charge is 2.79. The molecule has 48 heavy (non-hydrogen) atoms. The Morgan fingerprint density at radius 3 is 2.17 bits per heavy atom. The molecule has 9 heteroatoms. The van der Waals surface area contributed by atoms with Gasteiger partial charge in [0.1, 0.15) is 11.6 Å². The molecule has 0 aromatic heterocycles. The normalized spacial score (nSPS) is 26.4. The van der Waals surface area contributed by atoms with Crippen LogP contribution in [0.25, 0.3) is 0 Å². The third-order valence-corrected chi connectivity index (χ3v) is 10.8. The predicted octanol–water partition coefficient (Wildman–Crippen LogP) is 5.05. The van der Waals surface area contributed by atoms with Crippen LogP contribution in [0.3, 0.4) is 0 Å². The van der Waals surface area contributed by atoms with Gasteiger partial charge in [0, 0.05) is 44.1 Å². The standard InChI is InChI=1S/C39H52N4O5/c1-8-23-41(25-28-15-13-12-14-16-28)35(45)32-33-36(46)43(31(26-44)27(5)6)34(39(33)22-21-38(32,7)48-39)37(47)42(24-9-2)30-19-17-29(18-20-30)40(10-3)11-4/h8-9,12-20,27,31-34,44H,1-2,10-11,21-26H2,3-7H3/t31-,32-,33-,34?,38+,39?/m0/s1. The number of hydrogen-bond donors (Lipinski definition) is 1. The number of nitrogens with zero attached hydrogens (tertiary/aromatic N) is 4. The fourth-order valence-corrected chi connectivity index (χ4v) is 8.42. The summed E-state index contributed by atoms with van der Waals surface area (Å²) in [5, 5.41) is 10.7. The van der Waals surface area contributed by atoms with Gasteiger partial charge in [0.25, 0.3) is 5.91 Å². The number of aliphatic hydroxyl groups excluding tert-OH is 1. The number of carbonyl (C=O) groups excluding carboxylic acids is 3. The zero-order valence-corrected chi connectivity index (χ0v) is 29.2. The molecule has 3 fully saturated rings. The maximum Gasteiger partial charge on any atom is 0.253 e. The highest BCUT2D eigenvalue weighted by molar-refractivity contribution is 6.05. The molecule has 0 aliphatic carbocycles. The number of rotatable bonds is 15. The first-order valence-corrected chi connectivity index (χ1v) is 17.4. The zero-order chi connectivity index (χ0) is 34.8. The Morgan fingerprint density at radius 1 is 0.979 bits per heavy atom. The molecule has 2 aromatic rings. The molecule has 2 unspecified atom stereocenters. The van der Waals surface area contributed by atoms with Crippen LogP contribution in [0.4, 0.5) is 11.4 Å². The highest BCUT2D eigenvalue weighted by atomic mass is 16.5. The Hall–Kier alpha value is -3.95. The Morgan fingerprint density at radius 2 is 1.60 bits per heavy atom. The highest BCUT2D eigenvalue weighted by Crippen LogP contribution is 2.64. The van der Waals surface area contributed by atoms with Gasteiger partial charge in [0.15, 0.2) is 0 Å². The molecular formula is C39H52N4O5. The van der Waals surface area contributed by atoms with Gasteiger partial charge in [-0.05, 0) is 69.4 Å². The van der Waals surface area contributed by atoms with E-state index in [1.807, 2.05) is 75.4 Å². The first-order valence-electron chi connectivity index (χ1n) is 17.4. The first-order chi connectivity index (χ1) is 23.0. The van der Waals surface area contributed by atoms with Gasteiger partial charge in [-0.1, -0.05) is 56.3 Å². The number of likely N-dealkylation sites (tertiary alicyclic amines) is 1. The van der Waals surface area contributed by atoms with Gasteiger partial charge in [0.2, 0.25) is 11.8 Å². The SMILES string of the molecule is C=CCN(Cc1ccccc1)C(=O)[C@@H]1[C@H]2C(=O)N([C@@H](CO)C(C)C)C(C(=O)N(CC=C)c3ccc(N(CC)CC)cc3)C23CC[C@@]1(C)O3. The number of carbonyl (C=O) groups is 3. The molecule has 2 aromatic carbocycles. The molecular weight excluding hydrogens is 604 g/mol. The molecule has 5 rings (SSSR count). The molecule has 3 aliphatic rings. The van der Waals surface area contributed by atoms with Crippen LogP contribution in [0.15, 0.2) is 79.9 Å². The van der Waals surface area contributed by atoms with Crippen molar-refractivity contribution in [1.29, 1.82) is 0 Å². The van der Waals surface area contributed by atoms with Crippen molar-refractivity contribution < 1.29 is 24.2 Å². The fraction of sp³-hybridized carbons (Fsp3) is 0.513. The van der Waals surface area contributed by atoms with Crippen molar-refractivity contribution in [3.05, 3.63) is 85.5 Å². The van der Waals surface area contributed by atoms with Gasteiger partial charge in [-0.25, -0.2) is 0 Å². The Bertz CT molecular complexity index is 1490. The van der Waals surface area contributed by atoms with Crippen molar-refractivity contribution in [3.8, 4) is 0 Å². The minimum Gasteiger partial charge on any atom is -0.394 e. The number of hydrogen-bond acceptors (Lipinski definition) is 6. The van der Waals surface area contributed by atoms with Crippen LogP contribution >= 0.6 is 0 Å². The van der Waals surface area contributed by atoms with Gasteiger partial charge in [-0.3, -0.25) is 14.4 Å². The monoisotopic (exact) mass is 656 g/mol. The van der Waals surface area contributed by atoms with E-state index >= 15 is 4.79 Å². The Kier molecular flexibility index (Phi) is 10.5. The van der Waals surface area contributed by atoms with Crippen LogP contribution < -0.4 is 9.80 Å². The number of ether oxygens (including phenoxy) is 1. The minimum absolute atomic E-state index is 0.150. The molecule has 0 saturated carbocycles. The van der Waals surface area contributed by atoms with E-state index in [9.17, 15) is 14.7 Å². The van der Waals surface area contributed by atoms with Crippen LogP contribution in [0.1, 0.15) is 53.0 Å². The number of fused-ring (bicyclic) bond motifs is 1. The first kappa shape index (κ1) is 35.4. The topological polar surface area (TPSA) is 93.6 Å². The van der Waals surface area contributed by atoms with E-state index < -0.39 is 35.1 Å². The molecule has 6 atom stereocenters. The van der Waals surface area contributed by atoms with Gasteiger partial charge >= 0.3 is 0 Å². The predicted molar refractivity (Wildman–Crippen MR) is 189 cm³/mol. The van der Waals surface area contributed by atoms with Crippen molar-refractivity contribution in [2.75, 3.05) is 42.6 Å². The summed E-state index contributed by atoms with van der Waals surface area (Å²) in [6, 6.07) is 15.9. The summed E-state index contributed by atoms with van der Waals surface area (Å²) in [5.41, 5.74) is 0.548. The van der Waals surface area contributed by atoms with Crippen molar-refractivity contribution in [1.82, 2.24) is 9.80 Å². The second kappa shape index (κ2) is 14.3. The van der Waals surface area contributed by atoms with Crippen LogP contribution in [0.5, 0.6) is 0 Å². The number of benzene rings is 2. The molecule has 258 valence electrons. The van der Waals surface area contributed by atoms with Crippen molar-refractivity contribution in [2.45, 2.75) is 77.3 Å². The largest absolute Gasteiger partial charge is 0.394 e. The smallest absolute Gasteiger partial charge is 0.253 e. The van der Waals surface area contributed by atoms with E-state index in [0.717, 1.165) is 24.3 Å². The van der Waals surface area contributed by atoms with E-state index in [1.54, 1.807) is 26.9 Å². The Balaban J connectivity index is 1.58. The summed E-state index contributed by atoms with van der Waals surface area (Å²) in [5.74, 6) is -2.61. The second-order valence-corrected chi connectivity index (χ2v) is 13.9. The number of aliphatic hydroxyl groups is 1. The minimum atomic E-state index is -1.22. The molecule has 3 amide bonds. The third kappa shape index (κ3) is 5.96. The van der Waals surface area contributed by atoms with Crippen molar-refractivity contribution >= 4 is 29.1 Å². The van der Waals surface area contributed by atoms with Crippen LogP contribution in [-0.2, 0) is 25.7 Å². The molecule has 3 heterocycles. The lowest BCUT2D eigenvalue weighted by atomic mass is 9.66. The summed E-state index contributed by atoms with van der Waals surface area (Å²) in [7, 11) is 0. The molecule has 3 saturated heterocycles. The lowest BCUT2D eigenvalue weighted by Gasteiger charge is -2.40. The van der Waals surface area contributed by atoms with Crippen LogP contribution in [-0.4, -0.2) is 88.7 Å². The quantitative estimate of drug-likeness (QED) is 0.270. The summed E-state index contributed by atoms with van der Waals surface area (Å²) in [4.78, 5) is 51.7. The van der Waals surface area contributed by atoms with Crippen molar-refractivity contribution in [2.24, 2.45) is 17.8 Å². The lowest BCUT2D eigenvalue weighted by molar-refractivity contribution is -0.153. The molecule has 9 nitrogen and oxygen atoms in total. The molecule has 2 bridgehead atoms. The third-order valence-electron chi connectivity index (χ3n) is 10.8. The lowest BCUT2D eigenvalue weighted by Crippen LogP contribution is -2.60. The average Bonchev–Trinajstić information content (AvgIpc) is 3.65. The molecule has 1 spiro atoms. The molecule has 3 aliphatic heterocycles. The van der Waals surface area contributed by atoms with E-state index in [2.05, 4.69) is 31.9 Å². The summed E-state index contributed by atoms with van der Waals surface area (Å²) in [6.45, 7) is 20.1. The van der Waals surface area contributed by atoms with E-state index in [4.69, 9.17) is 4.74 Å². The van der Waals surface area contributed by atoms with Gasteiger partial charge in [-0.15, -0.1) is 13.2 Å². The van der Waals surface area contributed by atoms with E-state index in [-0.39, 0.29) is 36.8 Å². The molecule has 0 radical (unpaired) electrons. The summed E-state index contributed by atoms with van der Waals surface area (Å²) < 4.78 is 6.94. The van der Waals surface area contributed by atoms with Gasteiger partial charge < -0.3 is 29.4 Å². The number of anilines is 2. The Labute approximate surface area is 285 Å².